The van der Waals surface area contributed by atoms with Crippen LogP contribution in [-0.2, 0) is 9.47 Å². The van der Waals surface area contributed by atoms with E-state index in [0.29, 0.717) is 11.2 Å². The van der Waals surface area contributed by atoms with Crippen LogP contribution in [-0.4, -0.2) is 37.2 Å². The molecule has 0 aliphatic rings. The van der Waals surface area contributed by atoms with E-state index in [1.165, 1.54) is 13.2 Å². The zero-order valence-electron chi connectivity index (χ0n) is 9.57. The first-order valence-electron chi connectivity index (χ1n) is 5.06. The molecule has 0 bridgehead atoms. The number of carbonyl (C=O) groups is 1. The molecule has 1 aromatic heterocycles. The van der Waals surface area contributed by atoms with E-state index < -0.39 is 17.7 Å². The summed E-state index contributed by atoms with van der Waals surface area (Å²) in [5.74, 6) is -1.12. The number of Topliss-reactive ketones (excluding diaryl/α,β-unsaturated/α-hetero) is 1. The maximum Gasteiger partial charge on any atom is 0.197 e. The van der Waals surface area contributed by atoms with Crippen LogP contribution in [0.4, 0.5) is 4.39 Å². The lowest BCUT2D eigenvalue weighted by Crippen LogP contribution is -2.30. The fourth-order valence-electron chi connectivity index (χ4n) is 1.33. The number of methoxy groups -OCH3 is 1. The van der Waals surface area contributed by atoms with Crippen molar-refractivity contribution in [1.29, 1.82) is 0 Å². The molecule has 1 atom stereocenters. The van der Waals surface area contributed by atoms with Crippen LogP contribution >= 0.6 is 15.9 Å². The van der Waals surface area contributed by atoms with Gasteiger partial charge in [-0.25, -0.2) is 9.37 Å². The minimum Gasteiger partial charge on any atom is -0.381 e. The highest BCUT2D eigenvalue weighted by Crippen LogP contribution is 2.15. The highest BCUT2D eigenvalue weighted by Gasteiger charge is 2.23. The van der Waals surface area contributed by atoms with E-state index >= 15 is 0 Å². The predicted octanol–water partition coefficient (Wildman–Crippen LogP) is 2.22. The van der Waals surface area contributed by atoms with Gasteiger partial charge in [0.05, 0.1) is 18.4 Å². The van der Waals surface area contributed by atoms with Gasteiger partial charge in [-0.1, -0.05) is 0 Å². The number of halogens is 2. The smallest absolute Gasteiger partial charge is 0.197 e. The molecule has 0 aliphatic carbocycles. The third-order valence-corrected chi connectivity index (χ3v) is 2.50. The van der Waals surface area contributed by atoms with Crippen LogP contribution in [0.15, 0.2) is 16.9 Å². The topological polar surface area (TPSA) is 48.4 Å². The standard InChI is InChI=1S/C11H13BrFNO3/c1-3-17-9(6-16-2)11(15)7-4-10(12)14-5-8(7)13/h4-5,9H,3,6H2,1-2H3. The highest BCUT2D eigenvalue weighted by molar-refractivity contribution is 9.10. The van der Waals surface area contributed by atoms with Crippen molar-refractivity contribution in [3.05, 3.63) is 28.2 Å². The maximum absolute atomic E-state index is 13.5. The van der Waals surface area contributed by atoms with Gasteiger partial charge in [0.1, 0.15) is 10.7 Å². The Morgan fingerprint density at radius 2 is 2.35 bits per heavy atom. The van der Waals surface area contributed by atoms with Gasteiger partial charge in [0, 0.05) is 13.7 Å². The Labute approximate surface area is 107 Å². The summed E-state index contributed by atoms with van der Waals surface area (Å²) in [6, 6.07) is 1.33. The third kappa shape index (κ3) is 3.83. The Hall–Kier alpha value is -0.850. The summed E-state index contributed by atoms with van der Waals surface area (Å²) < 4.78 is 23.9. The summed E-state index contributed by atoms with van der Waals surface area (Å²) in [6.45, 7) is 2.20. The van der Waals surface area contributed by atoms with Gasteiger partial charge in [0.25, 0.3) is 0 Å². The lowest BCUT2D eigenvalue weighted by atomic mass is 10.1. The van der Waals surface area contributed by atoms with E-state index in [1.807, 2.05) is 0 Å². The largest absolute Gasteiger partial charge is 0.381 e. The Balaban J connectivity index is 2.95. The maximum atomic E-state index is 13.5. The van der Waals surface area contributed by atoms with Gasteiger partial charge in [-0.15, -0.1) is 0 Å². The van der Waals surface area contributed by atoms with Crippen molar-refractivity contribution in [2.24, 2.45) is 0 Å². The van der Waals surface area contributed by atoms with Crippen molar-refractivity contribution in [3.63, 3.8) is 0 Å². The number of hydrogen-bond acceptors (Lipinski definition) is 4. The molecule has 6 heteroatoms. The Bertz CT molecular complexity index is 394. The first-order chi connectivity index (χ1) is 8.10. The highest BCUT2D eigenvalue weighted by atomic mass is 79.9. The van der Waals surface area contributed by atoms with Crippen LogP contribution < -0.4 is 0 Å². The van der Waals surface area contributed by atoms with E-state index in [9.17, 15) is 9.18 Å². The minimum atomic E-state index is -0.797. The summed E-state index contributed by atoms with van der Waals surface area (Å²) in [4.78, 5) is 15.7. The average molecular weight is 306 g/mol. The molecule has 0 spiro atoms. The molecule has 94 valence electrons. The number of aromatic nitrogens is 1. The quantitative estimate of drug-likeness (QED) is 0.597. The molecular weight excluding hydrogens is 293 g/mol. The number of nitrogens with zero attached hydrogens (tertiary/aromatic N) is 1. The molecule has 0 fully saturated rings. The van der Waals surface area contributed by atoms with E-state index in [1.54, 1.807) is 6.92 Å². The van der Waals surface area contributed by atoms with Crippen molar-refractivity contribution in [2.75, 3.05) is 20.3 Å². The fraction of sp³-hybridized carbons (Fsp3) is 0.455. The zero-order chi connectivity index (χ0) is 12.8. The van der Waals surface area contributed by atoms with Gasteiger partial charge in [-0.3, -0.25) is 4.79 Å². The van der Waals surface area contributed by atoms with Crippen molar-refractivity contribution in [2.45, 2.75) is 13.0 Å². The molecule has 17 heavy (non-hydrogen) atoms. The summed E-state index contributed by atoms with van der Waals surface area (Å²) >= 11 is 3.09. The first kappa shape index (κ1) is 14.2. The van der Waals surface area contributed by atoms with Crippen molar-refractivity contribution < 1.29 is 18.7 Å². The Morgan fingerprint density at radius 1 is 1.65 bits per heavy atom. The van der Waals surface area contributed by atoms with Gasteiger partial charge in [0.15, 0.2) is 11.6 Å². The molecular formula is C11H13BrFNO3. The van der Waals surface area contributed by atoms with Gasteiger partial charge in [-0.05, 0) is 28.9 Å². The Morgan fingerprint density at radius 3 is 2.94 bits per heavy atom. The van der Waals surface area contributed by atoms with E-state index in [2.05, 4.69) is 20.9 Å². The molecule has 1 unspecified atom stereocenters. The average Bonchev–Trinajstić information content (AvgIpc) is 2.31. The minimum absolute atomic E-state index is 0.0534. The summed E-state index contributed by atoms with van der Waals surface area (Å²) in [6.07, 6.45) is 0.196. The van der Waals surface area contributed by atoms with Crippen LogP contribution in [0.5, 0.6) is 0 Å². The SMILES string of the molecule is CCOC(COC)C(=O)c1cc(Br)ncc1F. The van der Waals surface area contributed by atoms with Crippen LogP contribution in [0.3, 0.4) is 0 Å². The van der Waals surface area contributed by atoms with Crippen molar-refractivity contribution in [3.8, 4) is 0 Å². The number of pyridine rings is 1. The number of hydrogen-bond donors (Lipinski definition) is 0. The Kier molecular flexibility index (Phi) is 5.67. The fourth-order valence-corrected chi connectivity index (χ4v) is 1.66. The van der Waals surface area contributed by atoms with Gasteiger partial charge in [0.2, 0.25) is 0 Å². The molecule has 0 N–H and O–H groups in total. The number of carbonyl (C=O) groups excluding carboxylic acids is 1. The summed E-state index contributed by atoms with van der Waals surface area (Å²) in [5, 5.41) is 0. The molecule has 0 radical (unpaired) electrons. The second kappa shape index (κ2) is 6.78. The molecule has 0 aliphatic heterocycles. The number of ketones is 1. The molecule has 0 amide bonds. The third-order valence-electron chi connectivity index (χ3n) is 2.07. The number of rotatable bonds is 6. The van der Waals surface area contributed by atoms with Gasteiger partial charge < -0.3 is 9.47 Å². The van der Waals surface area contributed by atoms with Crippen LogP contribution in [0, 0.1) is 5.82 Å². The van der Waals surface area contributed by atoms with Crippen molar-refractivity contribution >= 4 is 21.7 Å². The molecule has 0 saturated carbocycles. The predicted molar refractivity (Wildman–Crippen MR) is 63.5 cm³/mol. The van der Waals surface area contributed by atoms with E-state index in [0.717, 1.165) is 6.20 Å². The second-order valence-corrected chi connectivity index (χ2v) is 4.06. The monoisotopic (exact) mass is 305 g/mol. The molecule has 0 aromatic carbocycles. The first-order valence-corrected chi connectivity index (χ1v) is 5.85. The van der Waals surface area contributed by atoms with E-state index in [-0.39, 0.29) is 12.2 Å². The van der Waals surface area contributed by atoms with Crippen molar-refractivity contribution in [1.82, 2.24) is 4.98 Å². The van der Waals surface area contributed by atoms with E-state index in [4.69, 9.17) is 9.47 Å². The second-order valence-electron chi connectivity index (χ2n) is 3.25. The summed E-state index contributed by atoms with van der Waals surface area (Å²) in [5.41, 5.74) is -0.0534. The molecule has 1 rings (SSSR count). The van der Waals surface area contributed by atoms with Crippen LogP contribution in [0.1, 0.15) is 17.3 Å². The number of ether oxygens (including phenoxy) is 2. The molecule has 1 heterocycles. The zero-order valence-corrected chi connectivity index (χ0v) is 11.2. The molecule has 1 aromatic rings. The van der Waals surface area contributed by atoms with Crippen LogP contribution in [0.2, 0.25) is 0 Å². The molecule has 4 nitrogen and oxygen atoms in total. The van der Waals surface area contributed by atoms with Gasteiger partial charge in [-0.2, -0.15) is 0 Å². The summed E-state index contributed by atoms with van der Waals surface area (Å²) in [7, 11) is 1.46. The lowest BCUT2D eigenvalue weighted by molar-refractivity contribution is 0.00972. The van der Waals surface area contributed by atoms with Gasteiger partial charge >= 0.3 is 0 Å². The lowest BCUT2D eigenvalue weighted by Gasteiger charge is -2.15. The normalized spacial score (nSPS) is 12.5. The molecule has 0 saturated heterocycles. The van der Waals surface area contributed by atoms with Crippen LogP contribution in [0.25, 0.3) is 0 Å².